The van der Waals surface area contributed by atoms with Crippen LogP contribution in [0.5, 0.6) is 0 Å². The number of carbonyl (C=O) groups excluding carboxylic acids is 2. The predicted octanol–water partition coefficient (Wildman–Crippen LogP) is 3.72. The molecule has 3 aliphatic rings. The molecule has 1 saturated carbocycles. The van der Waals surface area contributed by atoms with E-state index in [1.54, 1.807) is 6.20 Å². The fraction of sp³-hybridized carbons (Fsp3) is 0.586. The molecule has 4 N–H and O–H groups in total. The molecule has 0 spiro atoms. The Hall–Kier alpha value is -3.20. The van der Waals surface area contributed by atoms with E-state index in [9.17, 15) is 9.59 Å². The average Bonchev–Trinajstić information content (AvgIpc) is 3.44. The standard InChI is InChI=1S/C29H41N7O2/c1-20(37)32-23-6-5-15-36(19-23)25-18-31-26(27(30)38)28(34-25)33-22-11-9-21(10-12-22)29(2)13-16-35(17-14-29)24-7-3-4-8-24/h9-12,18,23-24H,3-8,13-17,19H2,1-2H3,(H2,30,38)(H,32,37)(H,33,34). The summed E-state index contributed by atoms with van der Waals surface area (Å²) in [6, 6.07) is 9.35. The van der Waals surface area contributed by atoms with Crippen molar-refractivity contribution in [2.24, 2.45) is 5.73 Å². The molecule has 2 saturated heterocycles. The number of likely N-dealkylation sites (tertiary alicyclic amines) is 1. The molecule has 3 fully saturated rings. The minimum absolute atomic E-state index is 0.0361. The van der Waals surface area contributed by atoms with Gasteiger partial charge in [0, 0.05) is 37.8 Å². The van der Waals surface area contributed by atoms with Crippen LogP contribution in [-0.4, -0.2) is 64.9 Å². The van der Waals surface area contributed by atoms with Gasteiger partial charge in [0.25, 0.3) is 5.91 Å². The second kappa shape index (κ2) is 11.3. The Kier molecular flexibility index (Phi) is 7.83. The van der Waals surface area contributed by atoms with Crippen LogP contribution in [-0.2, 0) is 10.2 Å². The number of piperidine rings is 2. The molecule has 1 aromatic carbocycles. The zero-order chi connectivity index (χ0) is 26.7. The number of nitrogens with two attached hydrogens (primary N) is 1. The summed E-state index contributed by atoms with van der Waals surface area (Å²) < 4.78 is 0. The third kappa shape index (κ3) is 5.93. The summed E-state index contributed by atoms with van der Waals surface area (Å²) in [7, 11) is 0. The summed E-state index contributed by atoms with van der Waals surface area (Å²) in [6.07, 6.45) is 11.3. The number of nitrogens with one attached hydrogen (secondary N) is 2. The van der Waals surface area contributed by atoms with Crippen molar-refractivity contribution in [3.63, 3.8) is 0 Å². The van der Waals surface area contributed by atoms with Crippen molar-refractivity contribution in [1.82, 2.24) is 20.2 Å². The van der Waals surface area contributed by atoms with Gasteiger partial charge in [-0.25, -0.2) is 9.97 Å². The van der Waals surface area contributed by atoms with Gasteiger partial charge in [-0.2, -0.15) is 0 Å². The summed E-state index contributed by atoms with van der Waals surface area (Å²) >= 11 is 0. The zero-order valence-electron chi connectivity index (χ0n) is 22.7. The van der Waals surface area contributed by atoms with Gasteiger partial charge in [-0.1, -0.05) is 31.9 Å². The lowest BCUT2D eigenvalue weighted by Crippen LogP contribution is -2.47. The van der Waals surface area contributed by atoms with E-state index < -0.39 is 5.91 Å². The number of carbonyl (C=O) groups is 2. The van der Waals surface area contributed by atoms with Crippen LogP contribution in [0.3, 0.4) is 0 Å². The molecular formula is C29H41N7O2. The summed E-state index contributed by atoms with van der Waals surface area (Å²) in [5.74, 6) is 0.344. The normalized spacial score (nSPS) is 22.3. The number of aromatic nitrogens is 2. The van der Waals surface area contributed by atoms with Crippen molar-refractivity contribution in [2.45, 2.75) is 82.7 Å². The van der Waals surface area contributed by atoms with Crippen LogP contribution < -0.4 is 21.3 Å². The summed E-state index contributed by atoms with van der Waals surface area (Å²) in [4.78, 5) is 37.5. The van der Waals surface area contributed by atoms with E-state index in [-0.39, 0.29) is 23.1 Å². The summed E-state index contributed by atoms with van der Waals surface area (Å²) in [5.41, 5.74) is 8.09. The largest absolute Gasteiger partial charge is 0.364 e. The van der Waals surface area contributed by atoms with Crippen molar-refractivity contribution < 1.29 is 9.59 Å². The number of benzene rings is 1. The monoisotopic (exact) mass is 519 g/mol. The van der Waals surface area contributed by atoms with Gasteiger partial charge >= 0.3 is 0 Å². The van der Waals surface area contributed by atoms with Gasteiger partial charge in [-0.05, 0) is 74.7 Å². The van der Waals surface area contributed by atoms with Gasteiger partial charge in [0.2, 0.25) is 5.91 Å². The second-order valence-corrected chi connectivity index (χ2v) is 11.5. The number of amides is 2. The Morgan fingerprint density at radius 3 is 2.39 bits per heavy atom. The van der Waals surface area contributed by atoms with Gasteiger partial charge in [0.15, 0.2) is 11.5 Å². The fourth-order valence-corrected chi connectivity index (χ4v) is 6.42. The Bertz CT molecular complexity index is 1140. The molecule has 1 atom stereocenters. The number of rotatable bonds is 7. The van der Waals surface area contributed by atoms with Gasteiger partial charge in [0.05, 0.1) is 6.20 Å². The highest BCUT2D eigenvalue weighted by Gasteiger charge is 2.34. The smallest absolute Gasteiger partial charge is 0.271 e. The lowest BCUT2D eigenvalue weighted by molar-refractivity contribution is -0.119. The van der Waals surface area contributed by atoms with E-state index in [0.29, 0.717) is 18.2 Å². The van der Waals surface area contributed by atoms with Crippen molar-refractivity contribution in [2.75, 3.05) is 36.4 Å². The molecule has 3 heterocycles. The Morgan fingerprint density at radius 2 is 1.74 bits per heavy atom. The molecule has 204 valence electrons. The molecule has 38 heavy (non-hydrogen) atoms. The van der Waals surface area contributed by atoms with E-state index >= 15 is 0 Å². The Labute approximate surface area is 225 Å². The molecule has 2 aliphatic heterocycles. The first-order chi connectivity index (χ1) is 18.3. The lowest BCUT2D eigenvalue weighted by Gasteiger charge is -2.42. The summed E-state index contributed by atoms with van der Waals surface area (Å²) in [5, 5.41) is 6.28. The minimum Gasteiger partial charge on any atom is -0.364 e. The molecular weight excluding hydrogens is 478 g/mol. The van der Waals surface area contributed by atoms with E-state index in [1.165, 1.54) is 64.1 Å². The highest BCUT2D eigenvalue weighted by atomic mass is 16.1. The molecule has 9 nitrogen and oxygen atoms in total. The highest BCUT2D eigenvalue weighted by molar-refractivity contribution is 5.96. The lowest BCUT2D eigenvalue weighted by atomic mass is 9.74. The topological polar surface area (TPSA) is 116 Å². The quantitative estimate of drug-likeness (QED) is 0.510. The van der Waals surface area contributed by atoms with Gasteiger partial charge in [0.1, 0.15) is 5.82 Å². The van der Waals surface area contributed by atoms with Crippen LogP contribution in [0.2, 0.25) is 0 Å². The second-order valence-electron chi connectivity index (χ2n) is 11.5. The van der Waals surface area contributed by atoms with Crippen LogP contribution in [0.1, 0.15) is 81.3 Å². The van der Waals surface area contributed by atoms with E-state index in [4.69, 9.17) is 10.7 Å². The first-order valence-corrected chi connectivity index (χ1v) is 14.1. The van der Waals surface area contributed by atoms with Gasteiger partial charge < -0.3 is 26.2 Å². The van der Waals surface area contributed by atoms with Crippen molar-refractivity contribution >= 4 is 29.1 Å². The maximum Gasteiger partial charge on any atom is 0.271 e. The first kappa shape index (κ1) is 26.4. The number of nitrogens with zero attached hydrogens (tertiary/aromatic N) is 4. The van der Waals surface area contributed by atoms with E-state index in [0.717, 1.165) is 31.1 Å². The molecule has 5 rings (SSSR count). The predicted molar refractivity (Wildman–Crippen MR) is 150 cm³/mol. The summed E-state index contributed by atoms with van der Waals surface area (Å²) in [6.45, 7) is 7.72. The SMILES string of the molecule is CC(=O)NC1CCCN(c2cnc(C(N)=O)c(Nc3ccc(C4(C)CCN(C5CCCC5)CC4)cc3)n2)C1. The molecule has 9 heteroatoms. The van der Waals surface area contributed by atoms with E-state index in [1.807, 2.05) is 0 Å². The van der Waals surface area contributed by atoms with Crippen LogP contribution in [0.15, 0.2) is 30.5 Å². The van der Waals surface area contributed by atoms with Crippen LogP contribution in [0.25, 0.3) is 0 Å². The van der Waals surface area contributed by atoms with Gasteiger partial charge in [-0.3, -0.25) is 9.59 Å². The average molecular weight is 520 g/mol. The van der Waals surface area contributed by atoms with Gasteiger partial charge in [-0.15, -0.1) is 0 Å². The Balaban J connectivity index is 1.28. The molecule has 2 aromatic rings. The number of hydrogen-bond donors (Lipinski definition) is 3. The van der Waals surface area contributed by atoms with E-state index in [2.05, 4.69) is 56.6 Å². The molecule has 1 unspecified atom stereocenters. The molecule has 1 aromatic heterocycles. The Morgan fingerprint density at radius 1 is 1.03 bits per heavy atom. The maximum atomic E-state index is 12.1. The van der Waals surface area contributed by atoms with Crippen LogP contribution in [0, 0.1) is 0 Å². The zero-order valence-corrected chi connectivity index (χ0v) is 22.7. The fourth-order valence-electron chi connectivity index (χ4n) is 6.42. The highest BCUT2D eigenvalue weighted by Crippen LogP contribution is 2.38. The third-order valence-electron chi connectivity index (χ3n) is 8.73. The third-order valence-corrected chi connectivity index (χ3v) is 8.73. The molecule has 0 radical (unpaired) electrons. The maximum absolute atomic E-state index is 12.1. The molecule has 1 aliphatic carbocycles. The van der Waals surface area contributed by atoms with Crippen molar-refractivity contribution in [3.05, 3.63) is 41.7 Å². The van der Waals surface area contributed by atoms with Crippen molar-refractivity contribution in [3.8, 4) is 0 Å². The van der Waals surface area contributed by atoms with Crippen molar-refractivity contribution in [1.29, 1.82) is 0 Å². The molecule has 2 amide bonds. The first-order valence-electron chi connectivity index (χ1n) is 14.1. The minimum atomic E-state index is -0.625. The number of anilines is 3. The van der Waals surface area contributed by atoms with Crippen LogP contribution in [0.4, 0.5) is 17.3 Å². The number of hydrogen-bond acceptors (Lipinski definition) is 7. The molecule has 0 bridgehead atoms. The number of primary amides is 1. The van der Waals surface area contributed by atoms with Crippen LogP contribution >= 0.6 is 0 Å².